The first-order valence-corrected chi connectivity index (χ1v) is 7.32. The number of amidine groups is 1. The molecule has 3 rings (SSSR count). The van der Waals surface area contributed by atoms with Crippen LogP contribution in [0.1, 0.15) is 11.3 Å². The summed E-state index contributed by atoms with van der Waals surface area (Å²) in [4.78, 5) is 4.26. The first-order chi connectivity index (χ1) is 11.6. The lowest BCUT2D eigenvalue weighted by Crippen LogP contribution is -2.31. The molecule has 0 saturated carbocycles. The predicted molar refractivity (Wildman–Crippen MR) is 92.5 cm³/mol. The Balaban J connectivity index is 1.96. The van der Waals surface area contributed by atoms with Gasteiger partial charge < -0.3 is 10.9 Å². The molecule has 0 aliphatic heterocycles. The van der Waals surface area contributed by atoms with Crippen molar-refractivity contribution in [1.29, 1.82) is 5.41 Å². The van der Waals surface area contributed by atoms with E-state index in [9.17, 15) is 5.21 Å². The molecule has 0 amide bonds. The summed E-state index contributed by atoms with van der Waals surface area (Å²) in [6.45, 7) is 0. The van der Waals surface area contributed by atoms with E-state index in [2.05, 4.69) is 15.2 Å². The largest absolute Gasteiger partial charge is 0.426 e. The SMILES string of the molecule is N=c1c(C(N)=NN=Cc2ccc(Cl)cc2)nc2ccccc2n1O. The minimum atomic E-state index is -0.267. The van der Waals surface area contributed by atoms with E-state index in [1.165, 1.54) is 6.21 Å². The maximum atomic E-state index is 10.0. The highest BCUT2D eigenvalue weighted by molar-refractivity contribution is 6.30. The minimum absolute atomic E-state index is 0.0458. The molecule has 0 fully saturated rings. The number of rotatable bonds is 3. The maximum Gasteiger partial charge on any atom is 0.191 e. The van der Waals surface area contributed by atoms with E-state index < -0.39 is 0 Å². The van der Waals surface area contributed by atoms with Crippen LogP contribution in [0.15, 0.2) is 58.7 Å². The summed E-state index contributed by atoms with van der Waals surface area (Å²) in [5.74, 6) is -0.0706. The molecule has 120 valence electrons. The number of nitrogens with two attached hydrogens (primary N) is 1. The Kier molecular flexibility index (Phi) is 4.26. The molecule has 8 heteroatoms. The lowest BCUT2D eigenvalue weighted by atomic mass is 10.2. The topological polar surface area (TPSA) is 113 Å². The van der Waals surface area contributed by atoms with Crippen LogP contribution in [-0.4, -0.2) is 27.0 Å². The van der Waals surface area contributed by atoms with E-state index in [1.807, 2.05) is 0 Å². The third-order valence-corrected chi connectivity index (χ3v) is 3.52. The van der Waals surface area contributed by atoms with Crippen molar-refractivity contribution < 1.29 is 5.21 Å². The van der Waals surface area contributed by atoms with Crippen molar-refractivity contribution in [3.8, 4) is 0 Å². The summed E-state index contributed by atoms with van der Waals surface area (Å²) in [5, 5.41) is 26.3. The fraction of sp³-hybridized carbons (Fsp3) is 0. The van der Waals surface area contributed by atoms with Gasteiger partial charge in [-0.3, -0.25) is 5.41 Å². The maximum absolute atomic E-state index is 10.0. The van der Waals surface area contributed by atoms with Crippen LogP contribution in [0, 0.1) is 5.41 Å². The average molecular weight is 341 g/mol. The van der Waals surface area contributed by atoms with Gasteiger partial charge in [-0.25, -0.2) is 4.98 Å². The number of nitrogens with one attached hydrogen (secondary N) is 1. The summed E-state index contributed by atoms with van der Waals surface area (Å²) in [6.07, 6.45) is 1.50. The lowest BCUT2D eigenvalue weighted by molar-refractivity contribution is 0.183. The molecule has 3 aromatic rings. The normalized spacial score (nSPS) is 12.1. The number of hydrogen-bond donors (Lipinski definition) is 3. The Morgan fingerprint density at radius 2 is 1.92 bits per heavy atom. The van der Waals surface area contributed by atoms with Gasteiger partial charge in [0.1, 0.15) is 5.52 Å². The summed E-state index contributed by atoms with van der Waals surface area (Å²) >= 11 is 5.81. The standard InChI is InChI=1S/C16H13ClN6O/c17-11-7-5-10(6-8-11)9-20-22-15(18)14-16(19)23(24)13-4-2-1-3-12(13)21-14/h1-9,19,24H,(H2,18,22). The van der Waals surface area contributed by atoms with Gasteiger partial charge in [0.05, 0.1) is 11.7 Å². The summed E-state index contributed by atoms with van der Waals surface area (Å²) in [6, 6.07) is 13.9. The highest BCUT2D eigenvalue weighted by Gasteiger charge is 2.10. The number of halogens is 1. The molecule has 0 saturated heterocycles. The second-order valence-corrected chi connectivity index (χ2v) is 5.33. The fourth-order valence-corrected chi connectivity index (χ4v) is 2.19. The van der Waals surface area contributed by atoms with Gasteiger partial charge in [0.25, 0.3) is 0 Å². The molecule has 7 nitrogen and oxygen atoms in total. The van der Waals surface area contributed by atoms with Gasteiger partial charge in [0.2, 0.25) is 0 Å². The van der Waals surface area contributed by atoms with Crippen molar-refractivity contribution >= 4 is 34.7 Å². The molecule has 0 bridgehead atoms. The molecule has 0 spiro atoms. The van der Waals surface area contributed by atoms with Crippen molar-refractivity contribution in [3.63, 3.8) is 0 Å². The number of aromatic nitrogens is 2. The van der Waals surface area contributed by atoms with Crippen LogP contribution in [-0.2, 0) is 0 Å². The van der Waals surface area contributed by atoms with Gasteiger partial charge in [-0.1, -0.05) is 35.9 Å². The van der Waals surface area contributed by atoms with Crippen LogP contribution in [0.5, 0.6) is 0 Å². The number of benzene rings is 2. The van der Waals surface area contributed by atoms with E-state index in [0.717, 1.165) is 5.56 Å². The monoisotopic (exact) mass is 340 g/mol. The third-order valence-electron chi connectivity index (χ3n) is 3.26. The number of nitrogens with zero attached hydrogens (tertiary/aromatic N) is 4. The van der Waals surface area contributed by atoms with E-state index in [4.69, 9.17) is 22.7 Å². The van der Waals surface area contributed by atoms with Crippen LogP contribution >= 0.6 is 11.6 Å². The first kappa shape index (κ1) is 15.7. The van der Waals surface area contributed by atoms with Crippen molar-refractivity contribution in [1.82, 2.24) is 9.71 Å². The molecule has 0 unspecified atom stereocenters. The molecule has 4 N–H and O–H groups in total. The molecular formula is C16H13ClN6O. The van der Waals surface area contributed by atoms with Crippen molar-refractivity contribution in [2.75, 3.05) is 0 Å². The summed E-state index contributed by atoms with van der Waals surface area (Å²) in [7, 11) is 0. The number of para-hydroxylation sites is 2. The quantitative estimate of drug-likeness (QED) is 0.294. The molecular weight excluding hydrogens is 328 g/mol. The summed E-state index contributed by atoms with van der Waals surface area (Å²) in [5.41, 5.74) is 7.33. The number of fused-ring (bicyclic) bond motifs is 1. The molecule has 0 aliphatic carbocycles. The second-order valence-electron chi connectivity index (χ2n) is 4.89. The Bertz CT molecular complexity index is 1010. The zero-order valence-corrected chi connectivity index (χ0v) is 13.1. The first-order valence-electron chi connectivity index (χ1n) is 6.94. The molecule has 1 aromatic heterocycles. The fourth-order valence-electron chi connectivity index (χ4n) is 2.06. The highest BCUT2D eigenvalue weighted by Crippen LogP contribution is 2.09. The van der Waals surface area contributed by atoms with Crippen molar-refractivity contribution in [2.24, 2.45) is 15.9 Å². The van der Waals surface area contributed by atoms with E-state index in [-0.39, 0.29) is 17.0 Å². The van der Waals surface area contributed by atoms with Gasteiger partial charge >= 0.3 is 0 Å². The van der Waals surface area contributed by atoms with E-state index >= 15 is 0 Å². The van der Waals surface area contributed by atoms with Gasteiger partial charge in [-0.15, -0.1) is 5.10 Å². The Morgan fingerprint density at radius 1 is 1.21 bits per heavy atom. The molecule has 2 aromatic carbocycles. The molecule has 24 heavy (non-hydrogen) atoms. The minimum Gasteiger partial charge on any atom is -0.426 e. The van der Waals surface area contributed by atoms with Gasteiger partial charge in [-0.2, -0.15) is 9.83 Å². The van der Waals surface area contributed by atoms with Crippen molar-refractivity contribution in [2.45, 2.75) is 0 Å². The smallest absolute Gasteiger partial charge is 0.191 e. The van der Waals surface area contributed by atoms with Crippen LogP contribution in [0.4, 0.5) is 0 Å². The van der Waals surface area contributed by atoms with Crippen LogP contribution in [0.3, 0.4) is 0 Å². The van der Waals surface area contributed by atoms with Gasteiger partial charge in [0, 0.05) is 5.02 Å². The van der Waals surface area contributed by atoms with Crippen LogP contribution in [0.2, 0.25) is 5.02 Å². The van der Waals surface area contributed by atoms with Crippen LogP contribution < -0.4 is 11.2 Å². The lowest BCUT2D eigenvalue weighted by Gasteiger charge is -2.06. The zero-order valence-electron chi connectivity index (χ0n) is 12.4. The summed E-state index contributed by atoms with van der Waals surface area (Å²) < 4.78 is 0.711. The Hall–Kier alpha value is -3.19. The zero-order chi connectivity index (χ0) is 17.1. The predicted octanol–water partition coefficient (Wildman–Crippen LogP) is 2.15. The van der Waals surface area contributed by atoms with Gasteiger partial charge in [-0.05, 0) is 29.8 Å². The third kappa shape index (κ3) is 3.11. The Morgan fingerprint density at radius 3 is 2.67 bits per heavy atom. The van der Waals surface area contributed by atoms with E-state index in [1.54, 1.807) is 48.5 Å². The second kappa shape index (κ2) is 6.51. The average Bonchev–Trinajstić information content (AvgIpc) is 2.59. The van der Waals surface area contributed by atoms with E-state index in [0.29, 0.717) is 20.8 Å². The molecule has 0 aliphatic rings. The van der Waals surface area contributed by atoms with Gasteiger partial charge in [0.15, 0.2) is 17.0 Å². The molecule has 1 heterocycles. The Labute approximate surface area is 141 Å². The van der Waals surface area contributed by atoms with Crippen LogP contribution in [0.25, 0.3) is 11.0 Å². The molecule has 0 atom stereocenters. The number of hydrogen-bond acceptors (Lipinski definition) is 5. The molecule has 0 radical (unpaired) electrons. The highest BCUT2D eigenvalue weighted by atomic mass is 35.5. The van der Waals surface area contributed by atoms with Crippen molar-refractivity contribution in [3.05, 3.63) is 70.3 Å².